The summed E-state index contributed by atoms with van der Waals surface area (Å²) < 4.78 is 26.3. The first-order valence-electron chi connectivity index (χ1n) is 6.96. The molecule has 0 bridgehead atoms. The van der Waals surface area contributed by atoms with Crippen LogP contribution in [0, 0.1) is 0 Å². The molecule has 0 aliphatic carbocycles. The molecule has 1 N–H and O–H groups in total. The molecule has 0 radical (unpaired) electrons. The molecule has 1 fully saturated rings. The number of rotatable bonds is 5. The molecule has 10 heteroatoms. The maximum Gasteiger partial charge on any atom is 0.251 e. The monoisotopic (exact) mass is 373 g/mol. The van der Waals surface area contributed by atoms with Gasteiger partial charge in [0, 0.05) is 45.0 Å². The average Bonchev–Trinajstić information content (AvgIpc) is 2.86. The second-order valence-electron chi connectivity index (χ2n) is 5.19. The molecule has 1 atom stereocenters. The van der Waals surface area contributed by atoms with Crippen molar-refractivity contribution in [3.05, 3.63) is 18.0 Å². The molecule has 23 heavy (non-hydrogen) atoms. The number of alkyl halides is 2. The summed E-state index contributed by atoms with van der Waals surface area (Å²) in [6.07, 6.45) is 1.13. The molecule has 1 aromatic heterocycles. The summed E-state index contributed by atoms with van der Waals surface area (Å²) in [4.78, 5) is 15.9. The highest BCUT2D eigenvalue weighted by Crippen LogP contribution is 2.16. The fourth-order valence-electron chi connectivity index (χ4n) is 2.55. The minimum atomic E-state index is -2.33. The number of hydrogen-bond donors (Lipinski definition) is 1. The molecule has 134 valence electrons. The Labute approximate surface area is 147 Å². The summed E-state index contributed by atoms with van der Waals surface area (Å²) in [6, 6.07) is -0.444. The SMILES string of the molecule is CNC(C(=O)N1CCN(CC(F)F)CC1)c1cnn(C)c1.Cl.Cl. The third kappa shape index (κ3) is 5.87. The van der Waals surface area contributed by atoms with Crippen LogP contribution >= 0.6 is 24.8 Å². The van der Waals surface area contributed by atoms with Crippen molar-refractivity contribution < 1.29 is 13.6 Å². The molecular formula is C13H23Cl2F2N5O. The van der Waals surface area contributed by atoms with Crippen molar-refractivity contribution in [2.45, 2.75) is 12.5 Å². The molecule has 1 unspecified atom stereocenters. The summed E-state index contributed by atoms with van der Waals surface area (Å²) >= 11 is 0. The lowest BCUT2D eigenvalue weighted by Crippen LogP contribution is -2.52. The number of likely N-dealkylation sites (N-methyl/N-ethyl adjacent to an activating group) is 1. The highest BCUT2D eigenvalue weighted by molar-refractivity contribution is 5.85. The summed E-state index contributed by atoms with van der Waals surface area (Å²) in [5.41, 5.74) is 0.806. The minimum Gasteiger partial charge on any atom is -0.338 e. The van der Waals surface area contributed by atoms with Gasteiger partial charge in [0.2, 0.25) is 5.91 Å². The van der Waals surface area contributed by atoms with Gasteiger partial charge in [0.1, 0.15) is 6.04 Å². The highest BCUT2D eigenvalue weighted by atomic mass is 35.5. The largest absolute Gasteiger partial charge is 0.338 e. The van der Waals surface area contributed by atoms with Gasteiger partial charge in [-0.2, -0.15) is 5.10 Å². The van der Waals surface area contributed by atoms with Crippen LogP contribution in [0.15, 0.2) is 12.4 Å². The topological polar surface area (TPSA) is 53.4 Å². The van der Waals surface area contributed by atoms with E-state index < -0.39 is 12.5 Å². The van der Waals surface area contributed by atoms with E-state index in [2.05, 4.69) is 10.4 Å². The first kappa shape index (κ1) is 22.0. The average molecular weight is 374 g/mol. The number of nitrogens with one attached hydrogen (secondary N) is 1. The van der Waals surface area contributed by atoms with Gasteiger partial charge in [0.25, 0.3) is 6.43 Å². The molecule has 0 aromatic carbocycles. The van der Waals surface area contributed by atoms with Crippen molar-refractivity contribution in [3.8, 4) is 0 Å². The van der Waals surface area contributed by atoms with Crippen LogP contribution in [0.4, 0.5) is 8.78 Å². The van der Waals surface area contributed by atoms with E-state index in [0.717, 1.165) is 5.56 Å². The second kappa shape index (κ2) is 10.0. The lowest BCUT2D eigenvalue weighted by Gasteiger charge is -2.36. The number of hydrogen-bond acceptors (Lipinski definition) is 4. The lowest BCUT2D eigenvalue weighted by molar-refractivity contribution is -0.135. The molecule has 0 spiro atoms. The first-order chi connectivity index (χ1) is 10.0. The molecule has 0 saturated carbocycles. The van der Waals surface area contributed by atoms with Crippen LogP contribution in [0.5, 0.6) is 0 Å². The Morgan fingerprint density at radius 3 is 2.35 bits per heavy atom. The predicted molar refractivity (Wildman–Crippen MR) is 88.5 cm³/mol. The number of aromatic nitrogens is 2. The Bertz CT molecular complexity index is 481. The van der Waals surface area contributed by atoms with E-state index in [1.807, 2.05) is 0 Å². The van der Waals surface area contributed by atoms with Gasteiger partial charge in [0.05, 0.1) is 12.7 Å². The summed E-state index contributed by atoms with van der Waals surface area (Å²) in [5.74, 6) is -0.0396. The van der Waals surface area contributed by atoms with Crippen molar-refractivity contribution in [2.75, 3.05) is 39.8 Å². The first-order valence-corrected chi connectivity index (χ1v) is 6.96. The Hall–Kier alpha value is -0.960. The van der Waals surface area contributed by atoms with Crippen molar-refractivity contribution in [1.29, 1.82) is 0 Å². The van der Waals surface area contributed by atoms with Gasteiger partial charge in [-0.15, -0.1) is 24.8 Å². The van der Waals surface area contributed by atoms with E-state index in [1.54, 1.807) is 41.0 Å². The molecular weight excluding hydrogens is 351 g/mol. The van der Waals surface area contributed by atoms with E-state index in [9.17, 15) is 13.6 Å². The molecule has 1 amide bonds. The van der Waals surface area contributed by atoms with E-state index in [4.69, 9.17) is 0 Å². The van der Waals surface area contributed by atoms with Crippen LogP contribution in [0.25, 0.3) is 0 Å². The summed E-state index contributed by atoms with van der Waals surface area (Å²) in [5, 5.41) is 7.07. The van der Waals surface area contributed by atoms with Crippen LogP contribution in [-0.2, 0) is 11.8 Å². The standard InChI is InChI=1S/C13H21F2N5O.2ClH/c1-16-12(10-7-17-18(2)8-10)13(21)20-5-3-19(4-6-20)9-11(14)15;;/h7-8,11-12,16H,3-6,9H2,1-2H3;2*1H. The molecule has 1 aliphatic rings. The Morgan fingerprint density at radius 1 is 1.30 bits per heavy atom. The minimum absolute atomic E-state index is 0. The van der Waals surface area contributed by atoms with E-state index in [-0.39, 0.29) is 37.3 Å². The quantitative estimate of drug-likeness (QED) is 0.834. The lowest BCUT2D eigenvalue weighted by atomic mass is 10.1. The molecule has 2 rings (SSSR count). The zero-order valence-corrected chi connectivity index (χ0v) is 14.7. The van der Waals surface area contributed by atoms with Crippen LogP contribution in [0.2, 0.25) is 0 Å². The number of piperazine rings is 1. The maximum absolute atomic E-state index is 12.5. The van der Waals surface area contributed by atoms with Crippen molar-refractivity contribution in [1.82, 2.24) is 24.9 Å². The number of aryl methyl sites for hydroxylation is 1. The molecule has 1 aliphatic heterocycles. The zero-order valence-electron chi connectivity index (χ0n) is 13.1. The second-order valence-corrected chi connectivity index (χ2v) is 5.19. The Morgan fingerprint density at radius 2 is 1.91 bits per heavy atom. The van der Waals surface area contributed by atoms with Gasteiger partial charge in [-0.25, -0.2) is 8.78 Å². The smallest absolute Gasteiger partial charge is 0.251 e. The fourth-order valence-corrected chi connectivity index (χ4v) is 2.55. The Balaban J connectivity index is 0.00000242. The summed E-state index contributed by atoms with van der Waals surface area (Å²) in [6.45, 7) is 1.70. The number of amides is 1. The number of halogens is 4. The van der Waals surface area contributed by atoms with Crippen molar-refractivity contribution in [2.24, 2.45) is 7.05 Å². The molecule has 1 saturated heterocycles. The maximum atomic E-state index is 12.5. The van der Waals surface area contributed by atoms with E-state index in [1.165, 1.54) is 0 Å². The van der Waals surface area contributed by atoms with E-state index >= 15 is 0 Å². The van der Waals surface area contributed by atoms with Crippen molar-refractivity contribution >= 4 is 30.7 Å². The molecule has 1 aromatic rings. The summed E-state index contributed by atoms with van der Waals surface area (Å²) in [7, 11) is 3.52. The highest BCUT2D eigenvalue weighted by Gasteiger charge is 2.28. The predicted octanol–water partition coefficient (Wildman–Crippen LogP) is 0.933. The van der Waals surface area contributed by atoms with Gasteiger partial charge < -0.3 is 10.2 Å². The van der Waals surface area contributed by atoms with Crippen LogP contribution in [-0.4, -0.2) is 71.7 Å². The van der Waals surface area contributed by atoms with Crippen LogP contribution < -0.4 is 5.32 Å². The van der Waals surface area contributed by atoms with Gasteiger partial charge in [-0.05, 0) is 7.05 Å². The van der Waals surface area contributed by atoms with E-state index in [0.29, 0.717) is 26.2 Å². The van der Waals surface area contributed by atoms with Gasteiger partial charge >= 0.3 is 0 Å². The zero-order chi connectivity index (χ0) is 15.4. The molecule has 6 nitrogen and oxygen atoms in total. The number of carbonyl (C=O) groups is 1. The van der Waals surface area contributed by atoms with Gasteiger partial charge in [0.15, 0.2) is 0 Å². The van der Waals surface area contributed by atoms with Gasteiger partial charge in [-0.3, -0.25) is 14.4 Å². The number of carbonyl (C=O) groups excluding carboxylic acids is 1. The third-order valence-corrected chi connectivity index (χ3v) is 3.67. The number of nitrogens with zero attached hydrogens (tertiary/aromatic N) is 4. The van der Waals surface area contributed by atoms with Gasteiger partial charge in [-0.1, -0.05) is 0 Å². The fraction of sp³-hybridized carbons (Fsp3) is 0.692. The molecule has 2 heterocycles. The van der Waals surface area contributed by atoms with Crippen LogP contribution in [0.1, 0.15) is 11.6 Å². The normalized spacial score (nSPS) is 16.7. The van der Waals surface area contributed by atoms with Crippen molar-refractivity contribution in [3.63, 3.8) is 0 Å². The third-order valence-electron chi connectivity index (χ3n) is 3.67. The van der Waals surface area contributed by atoms with Crippen LogP contribution in [0.3, 0.4) is 0 Å². The Kier molecular flexibility index (Phi) is 9.60.